The zero-order valence-corrected chi connectivity index (χ0v) is 24.2. The number of hydrogen-bond acceptors (Lipinski definition) is 4. The van der Waals surface area contributed by atoms with Gasteiger partial charge in [-0.05, 0) is 45.5 Å². The van der Waals surface area contributed by atoms with E-state index in [1.54, 1.807) is 0 Å². The van der Waals surface area contributed by atoms with Gasteiger partial charge in [-0.3, -0.25) is 0 Å². The molecular formula is C41H25N3O. The molecule has 4 heteroatoms. The molecule has 7 aromatic carbocycles. The van der Waals surface area contributed by atoms with Crippen molar-refractivity contribution in [3.63, 3.8) is 0 Å². The van der Waals surface area contributed by atoms with Crippen LogP contribution in [-0.4, -0.2) is 15.0 Å². The minimum Gasteiger partial charge on any atom is -0.455 e. The maximum Gasteiger partial charge on any atom is 0.164 e. The highest BCUT2D eigenvalue weighted by molar-refractivity contribution is 6.21. The maximum absolute atomic E-state index is 6.63. The number of hydrogen-bond donors (Lipinski definition) is 0. The van der Waals surface area contributed by atoms with Crippen molar-refractivity contribution in [2.75, 3.05) is 0 Å². The molecule has 0 aliphatic carbocycles. The van der Waals surface area contributed by atoms with Gasteiger partial charge in [0.1, 0.15) is 11.2 Å². The number of furan rings is 1. The molecule has 0 fully saturated rings. The molecule has 2 aromatic heterocycles. The van der Waals surface area contributed by atoms with E-state index in [0.29, 0.717) is 17.5 Å². The number of benzene rings is 7. The molecule has 0 amide bonds. The second-order valence-electron chi connectivity index (χ2n) is 11.2. The first-order valence-corrected chi connectivity index (χ1v) is 15.0. The molecule has 0 aliphatic rings. The standard InChI is InChI=1S/C41H25N3O/c1-3-13-27(14-4-1)34-25-35-37-33(20-11-21-36(37)45-38(35)32-19-10-9-18-31(32)34)41-43-39(28-15-5-2-6-16-28)42-40(44-41)30-23-22-26-12-7-8-17-29(26)24-30/h1-25H. The lowest BCUT2D eigenvalue weighted by Crippen LogP contribution is -2.00. The van der Waals surface area contributed by atoms with Gasteiger partial charge in [0.15, 0.2) is 17.5 Å². The first-order valence-electron chi connectivity index (χ1n) is 15.0. The molecule has 45 heavy (non-hydrogen) atoms. The van der Waals surface area contributed by atoms with Crippen LogP contribution >= 0.6 is 0 Å². The summed E-state index contributed by atoms with van der Waals surface area (Å²) >= 11 is 0. The molecule has 4 nitrogen and oxygen atoms in total. The topological polar surface area (TPSA) is 51.8 Å². The zero-order valence-electron chi connectivity index (χ0n) is 24.2. The molecule has 0 aliphatic heterocycles. The number of fused-ring (bicyclic) bond motifs is 6. The molecule has 0 atom stereocenters. The van der Waals surface area contributed by atoms with Gasteiger partial charge < -0.3 is 4.42 Å². The van der Waals surface area contributed by atoms with Gasteiger partial charge >= 0.3 is 0 Å². The zero-order chi connectivity index (χ0) is 29.7. The molecular weight excluding hydrogens is 550 g/mol. The molecule has 0 spiro atoms. The van der Waals surface area contributed by atoms with Crippen LogP contribution in [0.25, 0.3) is 88.8 Å². The summed E-state index contributed by atoms with van der Waals surface area (Å²) in [7, 11) is 0. The van der Waals surface area contributed by atoms with Crippen molar-refractivity contribution in [2.24, 2.45) is 0 Å². The number of rotatable bonds is 4. The third-order valence-corrected chi connectivity index (χ3v) is 8.50. The molecule has 0 saturated carbocycles. The van der Waals surface area contributed by atoms with E-state index < -0.39 is 0 Å². The Kier molecular flexibility index (Phi) is 5.78. The van der Waals surface area contributed by atoms with Gasteiger partial charge in [0.05, 0.1) is 0 Å². The summed E-state index contributed by atoms with van der Waals surface area (Å²) in [6.07, 6.45) is 0. The van der Waals surface area contributed by atoms with Crippen molar-refractivity contribution < 1.29 is 4.42 Å². The third-order valence-electron chi connectivity index (χ3n) is 8.50. The van der Waals surface area contributed by atoms with Gasteiger partial charge in [-0.15, -0.1) is 0 Å². The van der Waals surface area contributed by atoms with Crippen LogP contribution in [0.5, 0.6) is 0 Å². The van der Waals surface area contributed by atoms with E-state index in [1.807, 2.05) is 48.5 Å². The summed E-state index contributed by atoms with van der Waals surface area (Å²) in [4.78, 5) is 15.2. The van der Waals surface area contributed by atoms with Crippen LogP contribution in [0.15, 0.2) is 156 Å². The highest BCUT2D eigenvalue weighted by Gasteiger charge is 2.20. The van der Waals surface area contributed by atoms with E-state index >= 15 is 0 Å². The predicted octanol–water partition coefficient (Wildman–Crippen LogP) is 10.7. The van der Waals surface area contributed by atoms with Crippen molar-refractivity contribution in [1.29, 1.82) is 0 Å². The van der Waals surface area contributed by atoms with Crippen LogP contribution in [0, 0.1) is 0 Å². The SMILES string of the molecule is c1ccc(-c2nc(-c3ccc4ccccc4c3)nc(-c3cccc4oc5c6ccccc6c(-c6ccccc6)cc5c34)n2)cc1. The van der Waals surface area contributed by atoms with Crippen molar-refractivity contribution in [1.82, 2.24) is 15.0 Å². The predicted molar refractivity (Wildman–Crippen MR) is 184 cm³/mol. The molecule has 210 valence electrons. The van der Waals surface area contributed by atoms with E-state index in [-0.39, 0.29) is 0 Å². The fraction of sp³-hybridized carbons (Fsp3) is 0. The van der Waals surface area contributed by atoms with Gasteiger partial charge in [0.2, 0.25) is 0 Å². The lowest BCUT2D eigenvalue weighted by Gasteiger charge is -2.10. The minimum absolute atomic E-state index is 0.606. The van der Waals surface area contributed by atoms with Crippen LogP contribution in [-0.2, 0) is 0 Å². The van der Waals surface area contributed by atoms with Gasteiger partial charge in [-0.1, -0.05) is 133 Å². The molecule has 0 unspecified atom stereocenters. The van der Waals surface area contributed by atoms with Crippen LogP contribution in [0.2, 0.25) is 0 Å². The molecule has 0 bridgehead atoms. The molecule has 0 radical (unpaired) electrons. The van der Waals surface area contributed by atoms with Crippen LogP contribution < -0.4 is 0 Å². The van der Waals surface area contributed by atoms with E-state index in [0.717, 1.165) is 65.9 Å². The fourth-order valence-electron chi connectivity index (χ4n) is 6.36. The maximum atomic E-state index is 6.63. The van der Waals surface area contributed by atoms with E-state index in [1.165, 1.54) is 5.39 Å². The highest BCUT2D eigenvalue weighted by Crippen LogP contribution is 2.42. The Hall–Kier alpha value is -6.13. The third kappa shape index (κ3) is 4.27. The second-order valence-corrected chi connectivity index (χ2v) is 11.2. The van der Waals surface area contributed by atoms with Gasteiger partial charge in [-0.2, -0.15) is 0 Å². The minimum atomic E-state index is 0.606. The van der Waals surface area contributed by atoms with Crippen molar-refractivity contribution in [3.8, 4) is 45.3 Å². The molecule has 0 N–H and O–H groups in total. The van der Waals surface area contributed by atoms with Crippen molar-refractivity contribution >= 4 is 43.5 Å². The Balaban J connectivity index is 1.34. The summed E-state index contributed by atoms with van der Waals surface area (Å²) in [6, 6.07) is 52.2. The Labute approximate surface area is 259 Å². The smallest absolute Gasteiger partial charge is 0.164 e. The first-order chi connectivity index (χ1) is 22.3. The summed E-state index contributed by atoms with van der Waals surface area (Å²) in [5, 5.41) is 6.57. The molecule has 2 heterocycles. The van der Waals surface area contributed by atoms with Crippen molar-refractivity contribution in [2.45, 2.75) is 0 Å². The second kappa shape index (κ2) is 10.2. The average Bonchev–Trinajstić information content (AvgIpc) is 3.51. The lowest BCUT2D eigenvalue weighted by molar-refractivity contribution is 0.673. The number of nitrogens with zero attached hydrogens (tertiary/aromatic N) is 3. The Morgan fingerprint density at radius 2 is 1.02 bits per heavy atom. The summed E-state index contributed by atoms with van der Waals surface area (Å²) in [5.41, 5.74) is 6.76. The lowest BCUT2D eigenvalue weighted by atomic mass is 9.94. The van der Waals surface area contributed by atoms with E-state index in [2.05, 4.69) is 103 Å². The summed E-state index contributed by atoms with van der Waals surface area (Å²) in [5.74, 6) is 1.86. The van der Waals surface area contributed by atoms with Crippen molar-refractivity contribution in [3.05, 3.63) is 152 Å². The fourth-order valence-corrected chi connectivity index (χ4v) is 6.36. The normalized spacial score (nSPS) is 11.6. The van der Waals surface area contributed by atoms with Gasteiger partial charge in [0.25, 0.3) is 0 Å². The first kappa shape index (κ1) is 25.4. The Morgan fingerprint density at radius 1 is 0.378 bits per heavy atom. The summed E-state index contributed by atoms with van der Waals surface area (Å²) < 4.78 is 6.63. The van der Waals surface area contributed by atoms with Gasteiger partial charge in [-0.25, -0.2) is 15.0 Å². The van der Waals surface area contributed by atoms with Crippen LogP contribution in [0.3, 0.4) is 0 Å². The molecule has 9 rings (SSSR count). The highest BCUT2D eigenvalue weighted by atomic mass is 16.3. The Bertz CT molecular complexity index is 2540. The number of aromatic nitrogens is 3. The van der Waals surface area contributed by atoms with E-state index in [4.69, 9.17) is 19.4 Å². The monoisotopic (exact) mass is 575 g/mol. The average molecular weight is 576 g/mol. The van der Waals surface area contributed by atoms with E-state index in [9.17, 15) is 0 Å². The van der Waals surface area contributed by atoms with Gasteiger partial charge in [0, 0.05) is 32.8 Å². The quantitative estimate of drug-likeness (QED) is 0.209. The van der Waals surface area contributed by atoms with Crippen LogP contribution in [0.1, 0.15) is 0 Å². The summed E-state index contributed by atoms with van der Waals surface area (Å²) in [6.45, 7) is 0. The molecule has 0 saturated heterocycles. The molecule has 9 aromatic rings. The largest absolute Gasteiger partial charge is 0.455 e. The van der Waals surface area contributed by atoms with Crippen LogP contribution in [0.4, 0.5) is 0 Å². The Morgan fingerprint density at radius 3 is 1.82 bits per heavy atom.